The van der Waals surface area contributed by atoms with Crippen molar-refractivity contribution in [2.24, 2.45) is 17.7 Å². The Morgan fingerprint density at radius 1 is 1.41 bits per heavy atom. The fraction of sp³-hybridized carbons (Fsp3) is 1.00. The van der Waals surface area contributed by atoms with Crippen LogP contribution in [0.2, 0.25) is 0 Å². The van der Waals surface area contributed by atoms with Crippen molar-refractivity contribution in [3.05, 3.63) is 0 Å². The van der Waals surface area contributed by atoms with Crippen molar-refractivity contribution >= 4 is 9.84 Å². The van der Waals surface area contributed by atoms with Gasteiger partial charge in [0.15, 0.2) is 0 Å². The van der Waals surface area contributed by atoms with Crippen LogP contribution in [0.15, 0.2) is 0 Å². The van der Waals surface area contributed by atoms with E-state index >= 15 is 0 Å². The maximum Gasteiger partial charge on any atom is 0.147 e. The molecule has 17 heavy (non-hydrogen) atoms. The number of nitrogens with one attached hydrogen (secondary N) is 1. The molecule has 0 saturated heterocycles. The Bertz CT molecular complexity index is 316. The summed E-state index contributed by atoms with van der Waals surface area (Å²) in [5, 5.41) is 0. The van der Waals surface area contributed by atoms with E-state index in [1.807, 2.05) is 0 Å². The van der Waals surface area contributed by atoms with Crippen LogP contribution in [0.4, 0.5) is 0 Å². The van der Waals surface area contributed by atoms with Gasteiger partial charge in [0, 0.05) is 12.3 Å². The van der Waals surface area contributed by atoms with Gasteiger partial charge in [-0.3, -0.25) is 11.3 Å². The first-order chi connectivity index (χ1) is 7.96. The first-order valence-corrected chi connectivity index (χ1v) is 8.66. The van der Waals surface area contributed by atoms with E-state index in [2.05, 4.69) is 12.3 Å². The molecule has 0 aliphatic heterocycles. The second-order valence-corrected chi connectivity index (χ2v) is 7.65. The van der Waals surface area contributed by atoms with Crippen molar-refractivity contribution in [3.63, 3.8) is 0 Å². The van der Waals surface area contributed by atoms with Crippen molar-refractivity contribution in [1.29, 1.82) is 0 Å². The van der Waals surface area contributed by atoms with Gasteiger partial charge in [-0.2, -0.15) is 0 Å². The first-order valence-electron chi connectivity index (χ1n) is 6.60. The zero-order chi connectivity index (χ0) is 12.9. The van der Waals surface area contributed by atoms with Crippen molar-refractivity contribution in [1.82, 2.24) is 5.43 Å². The minimum Gasteiger partial charge on any atom is -0.271 e. The molecule has 3 N–H and O–H groups in total. The molecule has 0 spiro atoms. The van der Waals surface area contributed by atoms with Gasteiger partial charge < -0.3 is 0 Å². The van der Waals surface area contributed by atoms with Gasteiger partial charge in [0.25, 0.3) is 0 Å². The predicted octanol–water partition coefficient (Wildman–Crippen LogP) is 1.47. The van der Waals surface area contributed by atoms with E-state index in [1.54, 1.807) is 0 Å². The van der Waals surface area contributed by atoms with Crippen molar-refractivity contribution < 1.29 is 8.42 Å². The number of hydrazine groups is 1. The number of hydrogen-bond donors (Lipinski definition) is 2. The van der Waals surface area contributed by atoms with Crippen LogP contribution in [0.3, 0.4) is 0 Å². The average Bonchev–Trinajstić information content (AvgIpc) is 2.29. The fourth-order valence-electron chi connectivity index (χ4n) is 2.86. The minimum atomic E-state index is -2.88. The molecule has 102 valence electrons. The van der Waals surface area contributed by atoms with E-state index in [4.69, 9.17) is 5.84 Å². The largest absolute Gasteiger partial charge is 0.271 e. The highest BCUT2D eigenvalue weighted by Gasteiger charge is 2.27. The summed E-state index contributed by atoms with van der Waals surface area (Å²) in [5.41, 5.74) is 2.82. The van der Waals surface area contributed by atoms with Crippen LogP contribution < -0.4 is 11.3 Å². The van der Waals surface area contributed by atoms with Crippen molar-refractivity contribution in [3.8, 4) is 0 Å². The van der Waals surface area contributed by atoms with Crippen LogP contribution in [0.25, 0.3) is 0 Å². The van der Waals surface area contributed by atoms with Gasteiger partial charge >= 0.3 is 0 Å². The number of nitrogens with two attached hydrogens (primary N) is 1. The maximum atomic E-state index is 11.2. The molecule has 0 radical (unpaired) electrons. The molecule has 5 heteroatoms. The Hall–Kier alpha value is -0.130. The second-order valence-electron chi connectivity index (χ2n) is 5.39. The lowest BCUT2D eigenvalue weighted by atomic mass is 9.76. The fourth-order valence-corrected chi connectivity index (χ4v) is 3.55. The lowest BCUT2D eigenvalue weighted by Gasteiger charge is -2.33. The smallest absolute Gasteiger partial charge is 0.147 e. The van der Waals surface area contributed by atoms with Crippen LogP contribution in [0.5, 0.6) is 0 Å². The van der Waals surface area contributed by atoms with Gasteiger partial charge in [-0.05, 0) is 31.1 Å². The van der Waals surface area contributed by atoms with Crippen LogP contribution in [-0.4, -0.2) is 26.5 Å². The third-order valence-corrected chi connectivity index (χ3v) is 4.96. The SMILES string of the molecule is CCC1CCCC(C(CCS(C)(=O)=O)NN)C1. The molecular weight excluding hydrogens is 236 g/mol. The third-order valence-electron chi connectivity index (χ3n) is 3.98. The summed E-state index contributed by atoms with van der Waals surface area (Å²) >= 11 is 0. The van der Waals surface area contributed by atoms with E-state index in [1.165, 1.54) is 38.4 Å². The minimum absolute atomic E-state index is 0.152. The predicted molar refractivity (Wildman–Crippen MR) is 71.2 cm³/mol. The summed E-state index contributed by atoms with van der Waals surface area (Å²) in [5.74, 6) is 7.14. The lowest BCUT2D eigenvalue weighted by Crippen LogP contribution is -2.43. The molecule has 1 rings (SSSR count). The van der Waals surface area contributed by atoms with E-state index < -0.39 is 9.84 Å². The first kappa shape index (κ1) is 14.9. The Labute approximate surface area is 105 Å². The van der Waals surface area contributed by atoms with Crippen molar-refractivity contribution in [2.45, 2.75) is 51.5 Å². The second kappa shape index (κ2) is 6.71. The van der Waals surface area contributed by atoms with E-state index in [9.17, 15) is 8.42 Å². The zero-order valence-corrected chi connectivity index (χ0v) is 11.8. The van der Waals surface area contributed by atoms with Crippen LogP contribution in [0, 0.1) is 11.8 Å². The molecule has 1 aliphatic rings. The highest BCUT2D eigenvalue weighted by atomic mass is 32.2. The van der Waals surface area contributed by atoms with Crippen LogP contribution >= 0.6 is 0 Å². The monoisotopic (exact) mass is 262 g/mol. The highest BCUT2D eigenvalue weighted by Crippen LogP contribution is 2.33. The van der Waals surface area contributed by atoms with Crippen LogP contribution in [0.1, 0.15) is 45.4 Å². The summed E-state index contributed by atoms with van der Waals surface area (Å²) in [4.78, 5) is 0. The quantitative estimate of drug-likeness (QED) is 0.561. The van der Waals surface area contributed by atoms with Gasteiger partial charge in [0.05, 0.1) is 5.75 Å². The van der Waals surface area contributed by atoms with Gasteiger partial charge in [-0.1, -0.05) is 26.2 Å². The molecule has 4 nitrogen and oxygen atoms in total. The molecule has 3 atom stereocenters. The molecule has 0 bridgehead atoms. The topological polar surface area (TPSA) is 72.2 Å². The Morgan fingerprint density at radius 3 is 2.65 bits per heavy atom. The lowest BCUT2D eigenvalue weighted by molar-refractivity contribution is 0.206. The van der Waals surface area contributed by atoms with Gasteiger partial charge in [0.2, 0.25) is 0 Å². The summed E-state index contributed by atoms with van der Waals surface area (Å²) in [6.45, 7) is 2.23. The molecule has 0 heterocycles. The summed E-state index contributed by atoms with van der Waals surface area (Å²) < 4.78 is 22.4. The molecule has 1 saturated carbocycles. The summed E-state index contributed by atoms with van der Waals surface area (Å²) in [6, 6.07) is 0.152. The average molecular weight is 262 g/mol. The van der Waals surface area contributed by atoms with Gasteiger partial charge in [-0.25, -0.2) is 8.42 Å². The van der Waals surface area contributed by atoms with Crippen molar-refractivity contribution in [2.75, 3.05) is 12.0 Å². The van der Waals surface area contributed by atoms with E-state index in [0.29, 0.717) is 12.3 Å². The Morgan fingerprint density at radius 2 is 2.12 bits per heavy atom. The number of sulfone groups is 1. The molecule has 0 amide bonds. The Balaban J connectivity index is 2.48. The van der Waals surface area contributed by atoms with E-state index in [0.717, 1.165) is 5.92 Å². The summed E-state index contributed by atoms with van der Waals surface area (Å²) in [6.07, 6.45) is 8.08. The number of hydrogen-bond acceptors (Lipinski definition) is 4. The molecule has 0 aromatic carbocycles. The summed E-state index contributed by atoms with van der Waals surface area (Å²) in [7, 11) is -2.88. The zero-order valence-electron chi connectivity index (χ0n) is 11.0. The van der Waals surface area contributed by atoms with E-state index in [-0.39, 0.29) is 11.8 Å². The standard InChI is InChI=1S/C12H26N2O2S/c1-3-10-5-4-6-11(9-10)12(14-13)7-8-17(2,15)16/h10-12,14H,3-9,13H2,1-2H3. The normalized spacial score (nSPS) is 27.9. The highest BCUT2D eigenvalue weighted by molar-refractivity contribution is 7.90. The van der Waals surface area contributed by atoms with Gasteiger partial charge in [-0.15, -0.1) is 0 Å². The molecule has 1 aliphatic carbocycles. The maximum absolute atomic E-state index is 11.2. The Kier molecular flexibility index (Phi) is 5.89. The molecular formula is C12H26N2O2S. The third kappa shape index (κ3) is 5.36. The molecule has 0 aromatic heterocycles. The molecule has 3 unspecified atom stereocenters. The molecule has 1 fully saturated rings. The number of rotatable bonds is 6. The van der Waals surface area contributed by atoms with Crippen LogP contribution in [-0.2, 0) is 9.84 Å². The molecule has 0 aromatic rings. The van der Waals surface area contributed by atoms with Gasteiger partial charge in [0.1, 0.15) is 9.84 Å².